The molecule has 0 N–H and O–H groups in total. The third-order valence-corrected chi connectivity index (χ3v) is 2.70. The molecule has 90 valence electrons. The van der Waals surface area contributed by atoms with Crippen molar-refractivity contribution in [3.8, 4) is 0 Å². The van der Waals surface area contributed by atoms with Crippen LogP contribution < -0.4 is 0 Å². The van der Waals surface area contributed by atoms with Crippen LogP contribution in [0.5, 0.6) is 0 Å². The number of rotatable bonds is 1. The van der Waals surface area contributed by atoms with Crippen LogP contribution in [-0.4, -0.2) is 6.18 Å². The highest BCUT2D eigenvalue weighted by Gasteiger charge is 2.31. The van der Waals surface area contributed by atoms with Gasteiger partial charge in [0.1, 0.15) is 0 Å². The van der Waals surface area contributed by atoms with Crippen molar-refractivity contribution in [3.05, 3.63) is 33.9 Å². The lowest BCUT2D eigenvalue weighted by Gasteiger charge is -2.16. The highest BCUT2D eigenvalue weighted by molar-refractivity contribution is 5.41. The number of hydrogen-bond donors (Lipinski definition) is 0. The van der Waals surface area contributed by atoms with Crippen LogP contribution >= 0.6 is 0 Å². The Bertz CT molecular complexity index is 388. The Balaban J connectivity index is 3.40. The van der Waals surface area contributed by atoms with E-state index in [1.807, 2.05) is 0 Å². The summed E-state index contributed by atoms with van der Waals surface area (Å²) in [6.45, 7) is 3.80. The van der Waals surface area contributed by atoms with Crippen LogP contribution in [0, 0.1) is 32.4 Å². The molecule has 0 aliphatic heterocycles. The number of benzene rings is 1. The van der Waals surface area contributed by atoms with E-state index in [-0.39, 0.29) is 22.3 Å². The zero-order chi connectivity index (χ0) is 12.7. The van der Waals surface area contributed by atoms with Crippen molar-refractivity contribution in [3.63, 3.8) is 0 Å². The molecule has 0 nitrogen and oxygen atoms in total. The van der Waals surface area contributed by atoms with Crippen LogP contribution in [0.2, 0.25) is 0 Å². The van der Waals surface area contributed by atoms with Gasteiger partial charge in [-0.05, 0) is 43.0 Å². The zero-order valence-electron chi connectivity index (χ0n) is 9.10. The predicted octanol–water partition coefficient (Wildman–Crippen LogP) is 3.99. The Morgan fingerprint density at radius 3 is 1.69 bits per heavy atom. The van der Waals surface area contributed by atoms with E-state index in [0.29, 0.717) is 0 Å². The van der Waals surface area contributed by atoms with E-state index in [9.17, 15) is 22.0 Å². The number of alkyl halides is 3. The van der Waals surface area contributed by atoms with Crippen molar-refractivity contribution in [1.82, 2.24) is 0 Å². The fourth-order valence-corrected chi connectivity index (χ4v) is 1.60. The van der Waals surface area contributed by atoms with Gasteiger partial charge in [-0.2, -0.15) is 13.2 Å². The van der Waals surface area contributed by atoms with E-state index in [1.165, 1.54) is 13.8 Å². The Kier molecular flexibility index (Phi) is 3.26. The first-order chi connectivity index (χ1) is 7.15. The lowest BCUT2D eigenvalue weighted by Crippen LogP contribution is -2.16. The summed E-state index contributed by atoms with van der Waals surface area (Å²) in [6.07, 6.45) is -5.66. The highest BCUT2D eigenvalue weighted by Crippen LogP contribution is 2.30. The van der Waals surface area contributed by atoms with Crippen molar-refractivity contribution in [2.75, 3.05) is 0 Å². The lowest BCUT2D eigenvalue weighted by atomic mass is 9.95. The summed E-state index contributed by atoms with van der Waals surface area (Å²) in [4.78, 5) is 0. The summed E-state index contributed by atoms with van der Waals surface area (Å²) in [7, 11) is 0. The Morgan fingerprint density at radius 2 is 1.25 bits per heavy atom. The van der Waals surface area contributed by atoms with E-state index >= 15 is 0 Å². The molecule has 0 fully saturated rings. The minimum atomic E-state index is -4.42. The third-order valence-electron chi connectivity index (χ3n) is 2.70. The average Bonchev–Trinajstić information content (AvgIpc) is 2.17. The van der Waals surface area contributed by atoms with E-state index < -0.39 is 24.2 Å². The second-order valence-electron chi connectivity index (χ2n) is 3.77. The first-order valence-electron chi connectivity index (χ1n) is 4.65. The normalized spacial score (nSPS) is 12.0. The first-order valence-corrected chi connectivity index (χ1v) is 4.65. The van der Waals surface area contributed by atoms with Crippen molar-refractivity contribution < 1.29 is 22.0 Å². The summed E-state index contributed by atoms with van der Waals surface area (Å²) >= 11 is 0. The van der Waals surface area contributed by atoms with Gasteiger partial charge >= 0.3 is 6.18 Å². The molecule has 0 radical (unpaired) electrons. The topological polar surface area (TPSA) is 0 Å². The Hall–Kier alpha value is -1.13. The maximum atomic E-state index is 13.3. The van der Waals surface area contributed by atoms with Crippen LogP contribution in [0.1, 0.15) is 22.3 Å². The van der Waals surface area contributed by atoms with Crippen molar-refractivity contribution in [2.45, 2.75) is 33.4 Å². The van der Waals surface area contributed by atoms with Gasteiger partial charge in [0.15, 0.2) is 11.6 Å². The minimum absolute atomic E-state index is 0.0673. The van der Waals surface area contributed by atoms with Crippen molar-refractivity contribution in [1.29, 1.82) is 0 Å². The lowest BCUT2D eigenvalue weighted by molar-refractivity contribution is -0.127. The van der Waals surface area contributed by atoms with Crippen LogP contribution in [-0.2, 0) is 6.42 Å². The van der Waals surface area contributed by atoms with Gasteiger partial charge in [-0.1, -0.05) is 0 Å². The third kappa shape index (κ3) is 2.33. The molecule has 0 spiro atoms. The summed E-state index contributed by atoms with van der Waals surface area (Å²) in [5.41, 5.74) is -0.349. The SMILES string of the molecule is Cc1c(C)c(CC(F)(F)F)c(C)c(F)c1F. The van der Waals surface area contributed by atoms with Crippen molar-refractivity contribution in [2.24, 2.45) is 0 Å². The second kappa shape index (κ2) is 4.03. The largest absolute Gasteiger partial charge is 0.393 e. The highest BCUT2D eigenvalue weighted by atomic mass is 19.4. The average molecular weight is 238 g/mol. The fraction of sp³-hybridized carbons (Fsp3) is 0.455. The monoisotopic (exact) mass is 238 g/mol. The standard InChI is InChI=1S/C11H11F5/c1-5-6(2)9(12)10(13)7(3)8(5)4-11(14,15)16/h4H2,1-3H3. The smallest absolute Gasteiger partial charge is 0.203 e. The van der Waals surface area contributed by atoms with E-state index in [1.54, 1.807) is 0 Å². The molecule has 5 heteroatoms. The molecule has 0 heterocycles. The van der Waals surface area contributed by atoms with Gasteiger partial charge in [0.2, 0.25) is 0 Å². The van der Waals surface area contributed by atoms with Crippen LogP contribution in [0.3, 0.4) is 0 Å². The van der Waals surface area contributed by atoms with Gasteiger partial charge in [0.05, 0.1) is 6.42 Å². The van der Waals surface area contributed by atoms with Gasteiger partial charge in [-0.15, -0.1) is 0 Å². The molecular weight excluding hydrogens is 227 g/mol. The summed E-state index contributed by atoms with van der Waals surface area (Å²) in [5, 5.41) is 0. The molecule has 16 heavy (non-hydrogen) atoms. The van der Waals surface area contributed by atoms with Gasteiger partial charge in [-0.25, -0.2) is 8.78 Å². The van der Waals surface area contributed by atoms with Gasteiger partial charge < -0.3 is 0 Å². The molecule has 1 aromatic rings. The van der Waals surface area contributed by atoms with Crippen LogP contribution in [0.25, 0.3) is 0 Å². The Labute approximate surface area is 90.1 Å². The molecular formula is C11H11F5. The Morgan fingerprint density at radius 1 is 0.812 bits per heavy atom. The van der Waals surface area contributed by atoms with Gasteiger partial charge in [-0.3, -0.25) is 0 Å². The molecule has 0 saturated heterocycles. The predicted molar refractivity (Wildman–Crippen MR) is 50.3 cm³/mol. The molecule has 0 aliphatic carbocycles. The molecule has 0 aromatic heterocycles. The molecule has 0 unspecified atom stereocenters. The summed E-state index contributed by atoms with van der Waals surface area (Å²) in [6, 6.07) is 0. The fourth-order valence-electron chi connectivity index (χ4n) is 1.60. The van der Waals surface area contributed by atoms with Crippen LogP contribution in [0.4, 0.5) is 22.0 Å². The first kappa shape index (κ1) is 12.9. The molecule has 0 bridgehead atoms. The van der Waals surface area contributed by atoms with E-state index in [2.05, 4.69) is 0 Å². The summed E-state index contributed by atoms with van der Waals surface area (Å²) in [5.74, 6) is -2.26. The maximum absolute atomic E-state index is 13.3. The molecule has 1 rings (SSSR count). The molecule has 1 aromatic carbocycles. The second-order valence-corrected chi connectivity index (χ2v) is 3.77. The van der Waals surface area contributed by atoms with E-state index in [0.717, 1.165) is 6.92 Å². The molecule has 0 atom stereocenters. The zero-order valence-corrected chi connectivity index (χ0v) is 9.10. The molecule has 0 aliphatic rings. The van der Waals surface area contributed by atoms with Crippen LogP contribution in [0.15, 0.2) is 0 Å². The number of halogens is 5. The van der Waals surface area contributed by atoms with Gasteiger partial charge in [0, 0.05) is 0 Å². The quantitative estimate of drug-likeness (QED) is 0.649. The maximum Gasteiger partial charge on any atom is 0.393 e. The molecule has 0 amide bonds. The minimum Gasteiger partial charge on any atom is -0.203 e. The number of hydrogen-bond acceptors (Lipinski definition) is 0. The van der Waals surface area contributed by atoms with E-state index in [4.69, 9.17) is 0 Å². The van der Waals surface area contributed by atoms with Crippen molar-refractivity contribution >= 4 is 0 Å². The molecule has 0 saturated carbocycles. The van der Waals surface area contributed by atoms with Gasteiger partial charge in [0.25, 0.3) is 0 Å². The summed E-state index contributed by atoms with van der Waals surface area (Å²) < 4.78 is 63.2.